The first-order valence-electron chi connectivity index (χ1n) is 11.4. The van der Waals surface area contributed by atoms with Gasteiger partial charge in [-0.25, -0.2) is 4.79 Å². The van der Waals surface area contributed by atoms with Crippen molar-refractivity contribution in [3.63, 3.8) is 0 Å². The normalized spacial score (nSPS) is 14.3. The number of rotatable bonds is 9. The van der Waals surface area contributed by atoms with E-state index in [-0.39, 0.29) is 12.5 Å². The molecule has 0 bridgehead atoms. The van der Waals surface area contributed by atoms with Gasteiger partial charge in [-0.2, -0.15) is 0 Å². The largest absolute Gasteiger partial charge is 0.494 e. The average Bonchev–Trinajstić information content (AvgIpc) is 3.09. The summed E-state index contributed by atoms with van der Waals surface area (Å²) in [4.78, 5) is 26.5. The molecule has 6 heteroatoms. The highest BCUT2D eigenvalue weighted by molar-refractivity contribution is 7.17. The highest BCUT2D eigenvalue weighted by Crippen LogP contribution is 2.41. The lowest BCUT2D eigenvalue weighted by Gasteiger charge is -2.20. The van der Waals surface area contributed by atoms with Gasteiger partial charge in [-0.1, -0.05) is 44.2 Å². The van der Waals surface area contributed by atoms with Gasteiger partial charge in [-0.15, -0.1) is 11.3 Å². The third kappa shape index (κ3) is 6.10. The molecule has 0 radical (unpaired) electrons. The molecule has 0 atom stereocenters. The zero-order valence-electron chi connectivity index (χ0n) is 18.8. The van der Waals surface area contributed by atoms with Gasteiger partial charge >= 0.3 is 5.97 Å². The van der Waals surface area contributed by atoms with E-state index in [0.717, 1.165) is 28.2 Å². The molecule has 0 aliphatic heterocycles. The second kappa shape index (κ2) is 11.3. The van der Waals surface area contributed by atoms with Gasteiger partial charge in [-0.05, 0) is 50.8 Å². The van der Waals surface area contributed by atoms with E-state index in [9.17, 15) is 9.59 Å². The number of hydrogen-bond donors (Lipinski definition) is 1. The van der Waals surface area contributed by atoms with E-state index in [1.54, 1.807) is 6.92 Å². The van der Waals surface area contributed by atoms with Crippen LogP contribution in [0, 0.1) is 12.8 Å². The molecule has 3 rings (SSSR count). The van der Waals surface area contributed by atoms with Gasteiger partial charge < -0.3 is 14.8 Å². The van der Waals surface area contributed by atoms with Gasteiger partial charge in [0.1, 0.15) is 16.3 Å². The summed E-state index contributed by atoms with van der Waals surface area (Å²) in [5.74, 6) is 0.996. The Labute approximate surface area is 189 Å². The molecule has 1 aliphatic carbocycles. The van der Waals surface area contributed by atoms with Crippen LogP contribution in [-0.2, 0) is 9.53 Å². The summed E-state index contributed by atoms with van der Waals surface area (Å²) in [5, 5.41) is 3.58. The molecular weight excluding hydrogens is 410 g/mol. The molecule has 168 valence electrons. The minimum absolute atomic E-state index is 0.0318. The number of ether oxygens (including phenoxy) is 2. The number of thiophene rings is 1. The van der Waals surface area contributed by atoms with Crippen molar-refractivity contribution in [2.45, 2.75) is 65.7 Å². The molecular formula is C25H33NO4S. The van der Waals surface area contributed by atoms with Gasteiger partial charge in [-0.3, -0.25) is 4.79 Å². The van der Waals surface area contributed by atoms with Crippen LogP contribution in [0.25, 0.3) is 11.1 Å². The maximum Gasteiger partial charge on any atom is 0.341 e. The number of amides is 1. The minimum Gasteiger partial charge on any atom is -0.494 e. The number of carbonyl (C=O) groups excluding carboxylic acids is 2. The van der Waals surface area contributed by atoms with E-state index in [2.05, 4.69) is 5.32 Å². The van der Waals surface area contributed by atoms with E-state index >= 15 is 0 Å². The van der Waals surface area contributed by atoms with Gasteiger partial charge in [0, 0.05) is 16.9 Å². The Kier molecular flexibility index (Phi) is 8.52. The highest BCUT2D eigenvalue weighted by atomic mass is 32.1. The van der Waals surface area contributed by atoms with Crippen LogP contribution < -0.4 is 10.1 Å². The van der Waals surface area contributed by atoms with Crippen LogP contribution in [0.1, 0.15) is 74.0 Å². The Balaban J connectivity index is 1.81. The predicted octanol–water partition coefficient (Wildman–Crippen LogP) is 6.60. The summed E-state index contributed by atoms with van der Waals surface area (Å²) in [6.07, 6.45) is 7.71. The van der Waals surface area contributed by atoms with Crippen molar-refractivity contribution in [3.05, 3.63) is 34.7 Å². The highest BCUT2D eigenvalue weighted by Gasteiger charge is 2.26. The Morgan fingerprint density at radius 3 is 2.42 bits per heavy atom. The number of nitrogens with one attached hydrogen (secondary N) is 1. The van der Waals surface area contributed by atoms with Gasteiger partial charge in [0.15, 0.2) is 0 Å². The smallest absolute Gasteiger partial charge is 0.341 e. The summed E-state index contributed by atoms with van der Waals surface area (Å²) in [5.41, 5.74) is 2.16. The average molecular weight is 444 g/mol. The molecule has 1 N–H and O–H groups in total. The number of carbonyl (C=O) groups is 2. The zero-order valence-corrected chi connectivity index (χ0v) is 19.6. The molecule has 5 nitrogen and oxygen atoms in total. The number of esters is 1. The third-order valence-corrected chi connectivity index (χ3v) is 6.80. The molecule has 1 amide bonds. The molecule has 1 aromatic heterocycles. The monoisotopic (exact) mass is 443 g/mol. The Hall–Kier alpha value is -2.34. The zero-order chi connectivity index (χ0) is 22.2. The van der Waals surface area contributed by atoms with Crippen molar-refractivity contribution >= 4 is 28.2 Å². The molecule has 1 saturated carbocycles. The second-order valence-corrected chi connectivity index (χ2v) is 9.23. The number of anilines is 1. The SMILES string of the molecule is CCOC(=O)c1c(NC(=O)CCC2CCCCC2)sc(C)c1-c1ccc(OCC)cc1. The summed E-state index contributed by atoms with van der Waals surface area (Å²) in [6, 6.07) is 7.68. The van der Waals surface area contributed by atoms with Crippen LogP contribution in [0.4, 0.5) is 5.00 Å². The van der Waals surface area contributed by atoms with E-state index in [4.69, 9.17) is 9.47 Å². The van der Waals surface area contributed by atoms with Crippen LogP contribution in [0.5, 0.6) is 5.75 Å². The van der Waals surface area contributed by atoms with Crippen molar-refractivity contribution in [1.29, 1.82) is 0 Å². The molecule has 1 fully saturated rings. The molecule has 2 aromatic rings. The fourth-order valence-corrected chi connectivity index (χ4v) is 5.34. The Morgan fingerprint density at radius 1 is 1.06 bits per heavy atom. The fraction of sp³-hybridized carbons (Fsp3) is 0.520. The molecule has 1 aliphatic rings. The van der Waals surface area contributed by atoms with Crippen LogP contribution in [0.3, 0.4) is 0 Å². The molecule has 31 heavy (non-hydrogen) atoms. The Morgan fingerprint density at radius 2 is 1.77 bits per heavy atom. The van der Waals surface area contributed by atoms with Crippen LogP contribution in [-0.4, -0.2) is 25.1 Å². The van der Waals surface area contributed by atoms with Crippen LogP contribution in [0.15, 0.2) is 24.3 Å². The fourth-order valence-electron chi connectivity index (χ4n) is 4.26. The van der Waals surface area contributed by atoms with Gasteiger partial charge in [0.2, 0.25) is 5.91 Å². The number of hydrogen-bond acceptors (Lipinski definition) is 5. The van der Waals surface area contributed by atoms with Crippen LogP contribution >= 0.6 is 11.3 Å². The predicted molar refractivity (Wildman–Crippen MR) is 126 cm³/mol. The van der Waals surface area contributed by atoms with E-state index < -0.39 is 5.97 Å². The van der Waals surface area contributed by atoms with Gasteiger partial charge in [0.05, 0.1) is 13.2 Å². The quantitative estimate of drug-likeness (QED) is 0.444. The standard InChI is InChI=1S/C25H33NO4S/c1-4-29-20-14-12-19(13-15-20)22-17(3)31-24(23(22)25(28)30-5-2)26-21(27)16-11-18-9-7-6-8-10-18/h12-15,18H,4-11,16H2,1-3H3,(H,26,27). The van der Waals surface area contributed by atoms with Gasteiger partial charge in [0.25, 0.3) is 0 Å². The minimum atomic E-state index is -0.404. The first kappa shape index (κ1) is 23.3. The number of aryl methyl sites for hydroxylation is 1. The van der Waals surface area contributed by atoms with E-state index in [1.807, 2.05) is 38.1 Å². The molecule has 0 saturated heterocycles. The summed E-state index contributed by atoms with van der Waals surface area (Å²) in [6.45, 7) is 6.58. The lowest BCUT2D eigenvalue weighted by Crippen LogP contribution is -2.16. The third-order valence-electron chi connectivity index (χ3n) is 5.78. The van der Waals surface area contributed by atoms with Crippen molar-refractivity contribution in [2.24, 2.45) is 5.92 Å². The maximum atomic E-state index is 12.8. The van der Waals surface area contributed by atoms with Crippen molar-refractivity contribution in [1.82, 2.24) is 0 Å². The van der Waals surface area contributed by atoms with E-state index in [0.29, 0.717) is 29.5 Å². The first-order chi connectivity index (χ1) is 15.0. The maximum absolute atomic E-state index is 12.8. The molecule has 1 heterocycles. The lowest BCUT2D eigenvalue weighted by molar-refractivity contribution is -0.116. The lowest BCUT2D eigenvalue weighted by atomic mass is 9.86. The summed E-state index contributed by atoms with van der Waals surface area (Å²) in [7, 11) is 0. The van der Waals surface area contributed by atoms with Crippen molar-refractivity contribution in [2.75, 3.05) is 18.5 Å². The molecule has 1 aromatic carbocycles. The second-order valence-electron chi connectivity index (χ2n) is 8.01. The van der Waals surface area contributed by atoms with E-state index in [1.165, 1.54) is 43.4 Å². The van der Waals surface area contributed by atoms with Crippen molar-refractivity contribution in [3.8, 4) is 16.9 Å². The number of benzene rings is 1. The summed E-state index contributed by atoms with van der Waals surface area (Å²) >= 11 is 1.43. The summed E-state index contributed by atoms with van der Waals surface area (Å²) < 4.78 is 10.9. The topological polar surface area (TPSA) is 64.6 Å². The van der Waals surface area contributed by atoms with Crippen molar-refractivity contribution < 1.29 is 19.1 Å². The molecule has 0 unspecified atom stereocenters. The molecule has 0 spiro atoms. The van der Waals surface area contributed by atoms with Crippen LogP contribution in [0.2, 0.25) is 0 Å². The first-order valence-corrected chi connectivity index (χ1v) is 12.2. The Bertz CT molecular complexity index is 882.